The van der Waals surface area contributed by atoms with Crippen molar-refractivity contribution in [3.63, 3.8) is 0 Å². The molecule has 0 heterocycles. The third kappa shape index (κ3) is 4.81. The van der Waals surface area contributed by atoms with Gasteiger partial charge in [-0.05, 0) is 0 Å². The Balaban J connectivity index is 0. The van der Waals surface area contributed by atoms with Crippen LogP contribution in [0.25, 0.3) is 0 Å². The van der Waals surface area contributed by atoms with Gasteiger partial charge in [-0.2, -0.15) is 0 Å². The zero-order valence-electron chi connectivity index (χ0n) is 9.20. The molecule has 0 aliphatic heterocycles. The second-order valence-electron chi connectivity index (χ2n) is 7.57. The van der Waals surface area contributed by atoms with Gasteiger partial charge in [0, 0.05) is 0 Å². The van der Waals surface area contributed by atoms with E-state index >= 15 is 0 Å². The Morgan fingerprint density at radius 3 is 1.62 bits per heavy atom. The molecule has 0 saturated carbocycles. The summed E-state index contributed by atoms with van der Waals surface area (Å²) in [5, 5.41) is 0. The SMILES string of the molecule is [CH3][Zr+2]([CH3])([CH3])([CH3])([CH3])[C]1=CC=CC1.[Cl-].[Cl-]. The van der Waals surface area contributed by atoms with Crippen molar-refractivity contribution in [3.05, 3.63) is 21.5 Å². The van der Waals surface area contributed by atoms with Gasteiger partial charge in [-0.1, -0.05) is 0 Å². The Hall–Kier alpha value is 0.943. The van der Waals surface area contributed by atoms with Crippen LogP contribution >= 0.6 is 0 Å². The standard InChI is InChI=1S/C5H5.5CH3.2ClH.Zr/c1-2-4-5-3-1;;;;;;;;/h1-3H,4H2;5*1H3;2*1H;/q;;;;;;;;+2/p-2. The summed E-state index contributed by atoms with van der Waals surface area (Å²) in [5.41, 5.74) is 0. The molecule has 0 N–H and O–H groups in total. The molecule has 13 heavy (non-hydrogen) atoms. The van der Waals surface area contributed by atoms with Crippen LogP contribution in [0, 0.1) is 0 Å². The van der Waals surface area contributed by atoms with Crippen LogP contribution in [-0.4, -0.2) is 0 Å². The minimum Gasteiger partial charge on any atom is -1.00 e. The topological polar surface area (TPSA) is 0 Å². The Kier molecular flexibility index (Phi) is 4.42. The Labute approximate surface area is 92.5 Å². The fourth-order valence-electron chi connectivity index (χ4n) is 1.37. The van der Waals surface area contributed by atoms with Gasteiger partial charge in [0.25, 0.3) is 0 Å². The average Bonchev–Trinajstić information content (AvgIpc) is 2.01. The summed E-state index contributed by atoms with van der Waals surface area (Å²) < 4.78 is 14.2. The summed E-state index contributed by atoms with van der Waals surface area (Å²) in [4.78, 5) is 0. The van der Waals surface area contributed by atoms with Crippen molar-refractivity contribution in [2.75, 3.05) is 0 Å². The van der Waals surface area contributed by atoms with Crippen LogP contribution in [0.2, 0.25) is 23.2 Å². The molecule has 0 atom stereocenters. The second kappa shape index (κ2) is 3.51. The maximum Gasteiger partial charge on any atom is -1.00 e. The van der Waals surface area contributed by atoms with E-state index in [4.69, 9.17) is 0 Å². The van der Waals surface area contributed by atoms with Gasteiger partial charge < -0.3 is 24.8 Å². The van der Waals surface area contributed by atoms with Crippen molar-refractivity contribution in [3.8, 4) is 0 Å². The first-order valence-corrected chi connectivity index (χ1v) is 18.0. The van der Waals surface area contributed by atoms with Crippen molar-refractivity contribution in [2.45, 2.75) is 29.6 Å². The second-order valence-corrected chi connectivity index (χ2v) is 39.9. The molecule has 3 heteroatoms. The molecule has 0 fully saturated rings. The van der Waals surface area contributed by atoms with E-state index in [2.05, 4.69) is 41.4 Å². The van der Waals surface area contributed by atoms with Gasteiger partial charge in [0.15, 0.2) is 0 Å². The minimum atomic E-state index is -2.78. The van der Waals surface area contributed by atoms with Crippen molar-refractivity contribution in [2.24, 2.45) is 0 Å². The number of allylic oxidation sites excluding steroid dienone is 4. The average molecular weight is 302 g/mol. The van der Waals surface area contributed by atoms with Crippen LogP contribution in [0.1, 0.15) is 6.42 Å². The molecule has 0 unspecified atom stereocenters. The summed E-state index contributed by atoms with van der Waals surface area (Å²) in [6.45, 7) is 0. The van der Waals surface area contributed by atoms with Crippen LogP contribution in [0.4, 0.5) is 0 Å². The quantitative estimate of drug-likeness (QED) is 0.542. The van der Waals surface area contributed by atoms with Crippen LogP contribution in [0.3, 0.4) is 0 Å². The fourth-order valence-corrected chi connectivity index (χ4v) is 6.46. The van der Waals surface area contributed by atoms with Gasteiger partial charge in [-0.25, -0.2) is 0 Å². The smallest absolute Gasteiger partial charge is 1.00 e. The molecule has 0 spiro atoms. The van der Waals surface area contributed by atoms with Gasteiger partial charge in [0.05, 0.1) is 0 Å². The van der Waals surface area contributed by atoms with Gasteiger partial charge in [-0.15, -0.1) is 0 Å². The molecule has 0 amide bonds. The molecule has 0 aromatic carbocycles. The normalized spacial score (nSPS) is 17.8. The fraction of sp³-hybridized carbons (Fsp3) is 0.600. The maximum absolute atomic E-state index is 2.78. The first-order valence-electron chi connectivity index (χ1n) is 4.47. The summed E-state index contributed by atoms with van der Waals surface area (Å²) in [6, 6.07) is 0. The van der Waals surface area contributed by atoms with E-state index in [1.54, 1.807) is 3.28 Å². The monoisotopic (exact) mass is 300 g/mol. The van der Waals surface area contributed by atoms with Crippen molar-refractivity contribution in [1.82, 2.24) is 0 Å². The minimum absolute atomic E-state index is 0. The first-order chi connectivity index (χ1) is 4.59. The largest absolute Gasteiger partial charge is 1.00 e. The summed E-state index contributed by atoms with van der Waals surface area (Å²) in [5.74, 6) is 0. The van der Waals surface area contributed by atoms with Gasteiger partial charge in [0.1, 0.15) is 0 Å². The van der Waals surface area contributed by atoms with Gasteiger partial charge >= 0.3 is 68.4 Å². The Bertz CT molecular complexity index is 240. The third-order valence-corrected chi connectivity index (χ3v) is 11.2. The Morgan fingerprint density at radius 1 is 1.00 bits per heavy atom. The van der Waals surface area contributed by atoms with E-state index in [1.807, 2.05) is 0 Å². The number of halogens is 2. The predicted octanol–water partition coefficient (Wildman–Crippen LogP) is -1.70. The summed E-state index contributed by atoms with van der Waals surface area (Å²) in [7, 11) is 0. The van der Waals surface area contributed by atoms with Crippen LogP contribution in [0.5, 0.6) is 0 Å². The van der Waals surface area contributed by atoms with E-state index in [1.165, 1.54) is 6.42 Å². The van der Waals surface area contributed by atoms with Crippen LogP contribution in [-0.2, 0) is 17.3 Å². The van der Waals surface area contributed by atoms with E-state index in [9.17, 15) is 0 Å². The zero-order chi connectivity index (χ0) is 8.81. The molecule has 1 aliphatic rings. The molecule has 0 aromatic rings. The molecular formula is C10H20Cl2Zr. The first kappa shape index (κ1) is 16.4. The molecular weight excluding hydrogens is 282 g/mol. The summed E-state index contributed by atoms with van der Waals surface area (Å²) in [6.07, 6.45) is 8.00. The maximum atomic E-state index is 2.50. The Morgan fingerprint density at radius 2 is 1.46 bits per heavy atom. The van der Waals surface area contributed by atoms with E-state index in [-0.39, 0.29) is 24.8 Å². The van der Waals surface area contributed by atoms with E-state index in [0.29, 0.717) is 0 Å². The number of hydrogen-bond donors (Lipinski definition) is 0. The van der Waals surface area contributed by atoms with Gasteiger partial charge in [-0.3, -0.25) is 0 Å². The molecule has 1 rings (SSSR count). The van der Waals surface area contributed by atoms with E-state index < -0.39 is 17.3 Å². The third-order valence-electron chi connectivity index (χ3n) is 2.38. The molecule has 0 bridgehead atoms. The van der Waals surface area contributed by atoms with Crippen LogP contribution < -0.4 is 24.8 Å². The van der Waals surface area contributed by atoms with Crippen molar-refractivity contribution < 1.29 is 42.1 Å². The molecule has 0 radical (unpaired) electrons. The number of rotatable bonds is 1. The molecule has 78 valence electrons. The molecule has 1 aliphatic carbocycles. The van der Waals surface area contributed by atoms with E-state index in [0.717, 1.165) is 0 Å². The number of hydrogen-bond acceptors (Lipinski definition) is 0. The van der Waals surface area contributed by atoms with Crippen molar-refractivity contribution in [1.29, 1.82) is 0 Å². The molecule has 0 aromatic heterocycles. The van der Waals surface area contributed by atoms with Crippen LogP contribution in [0.15, 0.2) is 21.5 Å². The van der Waals surface area contributed by atoms with Gasteiger partial charge in [0.2, 0.25) is 0 Å². The van der Waals surface area contributed by atoms with Crippen molar-refractivity contribution >= 4 is 0 Å². The summed E-state index contributed by atoms with van der Waals surface area (Å²) >= 11 is -2.78. The molecule has 0 saturated heterocycles. The molecule has 0 nitrogen and oxygen atoms in total. The zero-order valence-corrected chi connectivity index (χ0v) is 13.2. The predicted molar refractivity (Wildman–Crippen MR) is 51.2 cm³/mol.